The van der Waals surface area contributed by atoms with Gasteiger partial charge in [-0.3, -0.25) is 0 Å². The molecule has 0 aliphatic heterocycles. The van der Waals surface area contributed by atoms with Gasteiger partial charge in [-0.2, -0.15) is 0 Å². The van der Waals surface area contributed by atoms with Gasteiger partial charge in [0.15, 0.2) is 5.01 Å². The van der Waals surface area contributed by atoms with E-state index in [1.54, 1.807) is 0 Å². The van der Waals surface area contributed by atoms with Gasteiger partial charge in [0.25, 0.3) is 0 Å². The lowest BCUT2D eigenvalue weighted by molar-refractivity contribution is 0.218. The van der Waals surface area contributed by atoms with Gasteiger partial charge in [0, 0.05) is 6.61 Å². The number of benzene rings is 1. The summed E-state index contributed by atoms with van der Waals surface area (Å²) in [5.41, 5.74) is 1.08. The average molecular weight is 214 g/mol. The Kier molecular flexibility index (Phi) is 3.60. The van der Waals surface area contributed by atoms with E-state index in [4.69, 9.17) is 4.74 Å². The fourth-order valence-corrected chi connectivity index (χ4v) is 1.27. The molecule has 2 heteroatoms. The maximum absolute atomic E-state index is 5.26. The lowest BCUT2D eigenvalue weighted by Crippen LogP contribution is -1.95. The van der Waals surface area contributed by atoms with Gasteiger partial charge in [0.2, 0.25) is 0 Å². The van der Waals surface area contributed by atoms with Crippen LogP contribution in [0, 0.1) is 5.01 Å². The molecular weight excluding hydrogens is 204 g/mol. The highest BCUT2D eigenvalue weighted by Gasteiger charge is 2.05. The van der Waals surface area contributed by atoms with E-state index >= 15 is 0 Å². The highest BCUT2D eigenvalue weighted by molar-refractivity contribution is 9.11. The summed E-state index contributed by atoms with van der Waals surface area (Å²) in [6.45, 7) is 2.65. The molecule has 0 amide bonds. The molecule has 11 heavy (non-hydrogen) atoms. The zero-order valence-electron chi connectivity index (χ0n) is 6.38. The molecule has 0 aromatic heterocycles. The van der Waals surface area contributed by atoms with Crippen LogP contribution in [0.15, 0.2) is 30.3 Å². The SMILES string of the molecule is CCO[C](Br)c1ccccc1. The van der Waals surface area contributed by atoms with Crippen molar-refractivity contribution in [3.05, 3.63) is 40.9 Å². The van der Waals surface area contributed by atoms with Crippen LogP contribution in [0.25, 0.3) is 0 Å². The molecule has 0 atom stereocenters. The summed E-state index contributed by atoms with van der Waals surface area (Å²) in [5.74, 6) is 0. The van der Waals surface area contributed by atoms with Gasteiger partial charge < -0.3 is 4.74 Å². The van der Waals surface area contributed by atoms with E-state index in [-0.39, 0.29) is 0 Å². The molecule has 0 aliphatic rings. The minimum atomic E-state index is 0.690. The maximum Gasteiger partial charge on any atom is 0.191 e. The Morgan fingerprint density at radius 1 is 1.36 bits per heavy atom. The van der Waals surface area contributed by atoms with Crippen molar-refractivity contribution >= 4 is 15.9 Å². The minimum Gasteiger partial charge on any atom is -0.355 e. The summed E-state index contributed by atoms with van der Waals surface area (Å²) in [6.07, 6.45) is 0. The van der Waals surface area contributed by atoms with Crippen molar-refractivity contribution in [1.29, 1.82) is 0 Å². The molecule has 0 fully saturated rings. The van der Waals surface area contributed by atoms with E-state index in [9.17, 15) is 0 Å². The first kappa shape index (κ1) is 8.75. The lowest BCUT2D eigenvalue weighted by atomic mass is 10.2. The Morgan fingerprint density at radius 3 is 2.55 bits per heavy atom. The van der Waals surface area contributed by atoms with Crippen molar-refractivity contribution in [3.8, 4) is 0 Å². The normalized spacial score (nSPS) is 10.5. The van der Waals surface area contributed by atoms with Crippen molar-refractivity contribution < 1.29 is 4.74 Å². The summed E-state index contributed by atoms with van der Waals surface area (Å²) < 4.78 is 5.26. The fourth-order valence-electron chi connectivity index (χ4n) is 0.779. The third-order valence-electron chi connectivity index (χ3n) is 1.27. The van der Waals surface area contributed by atoms with Crippen molar-refractivity contribution in [3.63, 3.8) is 0 Å². The number of hydrogen-bond acceptors (Lipinski definition) is 1. The van der Waals surface area contributed by atoms with Crippen LogP contribution < -0.4 is 0 Å². The van der Waals surface area contributed by atoms with Gasteiger partial charge in [-0.25, -0.2) is 0 Å². The quantitative estimate of drug-likeness (QED) is 0.751. The first-order chi connectivity index (χ1) is 5.34. The Labute approximate surface area is 75.5 Å². The van der Waals surface area contributed by atoms with E-state index in [2.05, 4.69) is 15.9 Å². The molecule has 0 saturated carbocycles. The Bertz CT molecular complexity index is 198. The van der Waals surface area contributed by atoms with Crippen LogP contribution in [0.4, 0.5) is 0 Å². The first-order valence-electron chi connectivity index (χ1n) is 3.55. The van der Waals surface area contributed by atoms with Crippen molar-refractivity contribution in [2.24, 2.45) is 0 Å². The molecule has 1 aromatic rings. The average Bonchev–Trinajstić information content (AvgIpc) is 2.07. The predicted molar refractivity (Wildman–Crippen MR) is 49.3 cm³/mol. The van der Waals surface area contributed by atoms with E-state index in [1.807, 2.05) is 37.3 Å². The second kappa shape index (κ2) is 4.52. The van der Waals surface area contributed by atoms with Gasteiger partial charge in [0.1, 0.15) is 0 Å². The van der Waals surface area contributed by atoms with E-state index in [0.29, 0.717) is 6.61 Å². The maximum atomic E-state index is 5.26. The summed E-state index contributed by atoms with van der Waals surface area (Å²) >= 11 is 3.34. The van der Waals surface area contributed by atoms with Gasteiger partial charge in [0.05, 0.1) is 0 Å². The highest BCUT2D eigenvalue weighted by Crippen LogP contribution is 2.21. The third kappa shape index (κ3) is 2.64. The fraction of sp³-hybridized carbons (Fsp3) is 0.222. The van der Waals surface area contributed by atoms with Crippen LogP contribution in [0.5, 0.6) is 0 Å². The second-order valence-corrected chi connectivity index (χ2v) is 2.79. The summed E-state index contributed by atoms with van der Waals surface area (Å²) in [6, 6.07) is 9.94. The zero-order valence-corrected chi connectivity index (χ0v) is 7.97. The monoisotopic (exact) mass is 213 g/mol. The Balaban J connectivity index is 2.61. The van der Waals surface area contributed by atoms with Gasteiger partial charge >= 0.3 is 0 Å². The number of rotatable bonds is 3. The largest absolute Gasteiger partial charge is 0.355 e. The van der Waals surface area contributed by atoms with Crippen LogP contribution in [-0.4, -0.2) is 6.61 Å². The van der Waals surface area contributed by atoms with Crippen LogP contribution in [-0.2, 0) is 4.74 Å². The summed E-state index contributed by atoms with van der Waals surface area (Å²) in [4.78, 5) is 0. The number of hydrogen-bond donors (Lipinski definition) is 0. The molecule has 0 heterocycles. The van der Waals surface area contributed by atoms with E-state index < -0.39 is 0 Å². The second-order valence-electron chi connectivity index (χ2n) is 2.07. The molecule has 1 nitrogen and oxygen atoms in total. The van der Waals surface area contributed by atoms with Gasteiger partial charge in [-0.1, -0.05) is 30.3 Å². The predicted octanol–water partition coefficient (Wildman–Crippen LogP) is 2.96. The first-order valence-corrected chi connectivity index (χ1v) is 4.34. The number of ether oxygens (including phenoxy) is 1. The van der Waals surface area contributed by atoms with Crippen molar-refractivity contribution in [1.82, 2.24) is 0 Å². The molecule has 0 unspecified atom stereocenters. The van der Waals surface area contributed by atoms with Gasteiger partial charge in [-0.15, -0.1) is 0 Å². The molecule has 59 valence electrons. The molecule has 1 radical (unpaired) electrons. The third-order valence-corrected chi connectivity index (χ3v) is 1.96. The molecule has 0 saturated heterocycles. The zero-order chi connectivity index (χ0) is 8.10. The van der Waals surface area contributed by atoms with Crippen LogP contribution in [0.2, 0.25) is 0 Å². The van der Waals surface area contributed by atoms with E-state index in [1.165, 1.54) is 0 Å². The molecule has 1 rings (SSSR count). The molecule has 0 aliphatic carbocycles. The number of halogens is 1. The van der Waals surface area contributed by atoms with E-state index in [0.717, 1.165) is 10.6 Å². The highest BCUT2D eigenvalue weighted by atomic mass is 79.9. The minimum absolute atomic E-state index is 0.690. The Hall–Kier alpha value is -0.340. The van der Waals surface area contributed by atoms with Crippen LogP contribution >= 0.6 is 15.9 Å². The lowest BCUT2D eigenvalue weighted by Gasteiger charge is -2.06. The van der Waals surface area contributed by atoms with Crippen molar-refractivity contribution in [2.45, 2.75) is 6.92 Å². The summed E-state index contributed by atoms with van der Waals surface area (Å²) in [5, 5.41) is 0.806. The topological polar surface area (TPSA) is 9.23 Å². The van der Waals surface area contributed by atoms with Crippen LogP contribution in [0.1, 0.15) is 12.5 Å². The van der Waals surface area contributed by atoms with Gasteiger partial charge in [-0.05, 0) is 28.4 Å². The standard InChI is InChI=1S/C9H10BrO/c1-2-11-9(10)8-6-4-3-5-7-8/h3-7H,2H2,1H3. The smallest absolute Gasteiger partial charge is 0.191 e. The van der Waals surface area contributed by atoms with Crippen LogP contribution in [0.3, 0.4) is 0 Å². The molecule has 1 aromatic carbocycles. The molecule has 0 bridgehead atoms. The molecule has 0 spiro atoms. The molecular formula is C9H10BrO. The molecule has 0 N–H and O–H groups in total. The Morgan fingerprint density at radius 2 is 2.00 bits per heavy atom. The van der Waals surface area contributed by atoms with Crippen molar-refractivity contribution in [2.75, 3.05) is 6.61 Å². The summed E-state index contributed by atoms with van der Waals surface area (Å²) in [7, 11) is 0.